The Hall–Kier alpha value is 1.09. The molecule has 1 saturated heterocycles. The van der Waals surface area contributed by atoms with Gasteiger partial charge >= 0.3 is 0 Å². The Kier molecular flexibility index (Phi) is 3.19. The van der Waals surface area contributed by atoms with E-state index in [-0.39, 0.29) is 0 Å². The molecule has 1 aliphatic heterocycles. The van der Waals surface area contributed by atoms with Gasteiger partial charge in [0.05, 0.1) is 18.0 Å². The maximum absolute atomic E-state index is 5.77. The van der Waals surface area contributed by atoms with Crippen LogP contribution in [0.15, 0.2) is 0 Å². The average molecular weight is 211 g/mol. The first-order valence-corrected chi connectivity index (χ1v) is 8.51. The van der Waals surface area contributed by atoms with Crippen molar-refractivity contribution in [3.05, 3.63) is 0 Å². The van der Waals surface area contributed by atoms with Crippen LogP contribution < -0.4 is 0 Å². The van der Waals surface area contributed by atoms with Crippen molar-refractivity contribution in [1.82, 2.24) is 0 Å². The molecule has 1 nitrogen and oxygen atoms in total. The van der Waals surface area contributed by atoms with Gasteiger partial charge in [-0.05, 0) is 6.92 Å². The molecule has 1 aliphatic rings. The SMILES string of the molecule is CC[P+]1(S)OCC(C)(C)CS1. The highest BCUT2D eigenvalue weighted by Crippen LogP contribution is 2.77. The predicted octanol–water partition coefficient (Wildman–Crippen LogP) is 3.49. The van der Waals surface area contributed by atoms with E-state index in [1.54, 1.807) is 0 Å². The number of rotatable bonds is 1. The summed E-state index contributed by atoms with van der Waals surface area (Å²) in [6.45, 7) is 7.52. The van der Waals surface area contributed by atoms with Crippen molar-refractivity contribution in [2.24, 2.45) is 5.41 Å². The summed E-state index contributed by atoms with van der Waals surface area (Å²) in [7, 11) is 0. The van der Waals surface area contributed by atoms with Crippen LogP contribution in [0.5, 0.6) is 0 Å². The fraction of sp³-hybridized carbons (Fsp3) is 1.00. The van der Waals surface area contributed by atoms with Gasteiger partial charge in [0.2, 0.25) is 0 Å². The lowest BCUT2D eigenvalue weighted by molar-refractivity contribution is 0.217. The number of thiol groups is 1. The molecule has 1 heterocycles. The van der Waals surface area contributed by atoms with E-state index >= 15 is 0 Å². The van der Waals surface area contributed by atoms with E-state index in [9.17, 15) is 0 Å². The standard InChI is InChI=1S/C7H16OPS2/c1-4-9(10)8-5-7(2,3)6-11-9/h10H,4-6H2,1-3H3/q+1. The highest BCUT2D eigenvalue weighted by molar-refractivity contribution is 8.88. The zero-order chi connectivity index (χ0) is 8.54. The number of hydrogen-bond donors (Lipinski definition) is 1. The second-order valence-electron chi connectivity index (χ2n) is 3.66. The van der Waals surface area contributed by atoms with Gasteiger partial charge in [0, 0.05) is 23.4 Å². The Morgan fingerprint density at radius 2 is 2.27 bits per heavy atom. The van der Waals surface area contributed by atoms with Crippen LogP contribution in [0.3, 0.4) is 0 Å². The maximum Gasteiger partial charge on any atom is 0.258 e. The van der Waals surface area contributed by atoms with Crippen LogP contribution in [0, 0.1) is 5.41 Å². The van der Waals surface area contributed by atoms with Crippen molar-refractivity contribution in [1.29, 1.82) is 0 Å². The fourth-order valence-electron chi connectivity index (χ4n) is 0.813. The molecular formula is C7H16OPS2+. The summed E-state index contributed by atoms with van der Waals surface area (Å²) in [5.74, 6) is -0.121. The zero-order valence-electron chi connectivity index (χ0n) is 7.33. The Labute approximate surface area is 79.0 Å². The topological polar surface area (TPSA) is 9.23 Å². The van der Waals surface area contributed by atoms with Gasteiger partial charge in [-0.15, -0.1) is 0 Å². The summed E-state index contributed by atoms with van der Waals surface area (Å²) in [6, 6.07) is 0. The van der Waals surface area contributed by atoms with Crippen LogP contribution in [-0.4, -0.2) is 18.5 Å². The van der Waals surface area contributed by atoms with E-state index in [2.05, 4.69) is 33.0 Å². The minimum Gasteiger partial charge on any atom is -0.213 e. The third-order valence-electron chi connectivity index (χ3n) is 1.71. The van der Waals surface area contributed by atoms with Gasteiger partial charge in [-0.1, -0.05) is 13.8 Å². The van der Waals surface area contributed by atoms with Gasteiger partial charge in [0.1, 0.15) is 6.16 Å². The summed E-state index contributed by atoms with van der Waals surface area (Å²) in [6.07, 6.45) is 1.08. The van der Waals surface area contributed by atoms with Gasteiger partial charge in [0.25, 0.3) is 5.89 Å². The minimum atomic E-state index is -1.31. The summed E-state index contributed by atoms with van der Waals surface area (Å²) in [5.41, 5.74) is 0.353. The number of hydrogen-bond acceptors (Lipinski definition) is 3. The van der Waals surface area contributed by atoms with Crippen LogP contribution in [0.1, 0.15) is 20.8 Å². The van der Waals surface area contributed by atoms with Gasteiger partial charge in [0.15, 0.2) is 0 Å². The van der Waals surface area contributed by atoms with Gasteiger partial charge in [-0.25, -0.2) is 4.52 Å². The van der Waals surface area contributed by atoms with Crippen molar-refractivity contribution in [3.8, 4) is 0 Å². The first kappa shape index (κ1) is 10.2. The van der Waals surface area contributed by atoms with Gasteiger partial charge in [-0.2, -0.15) is 0 Å². The van der Waals surface area contributed by atoms with E-state index in [0.717, 1.165) is 12.8 Å². The Morgan fingerprint density at radius 3 is 2.64 bits per heavy atom. The van der Waals surface area contributed by atoms with E-state index in [1.165, 1.54) is 5.75 Å². The molecule has 0 radical (unpaired) electrons. The van der Waals surface area contributed by atoms with Crippen LogP contribution in [0.25, 0.3) is 0 Å². The molecule has 0 amide bonds. The molecule has 1 unspecified atom stereocenters. The summed E-state index contributed by atoms with van der Waals surface area (Å²) in [5, 5.41) is 0. The van der Waals surface area contributed by atoms with Crippen LogP contribution in [-0.2, 0) is 4.52 Å². The molecule has 66 valence electrons. The van der Waals surface area contributed by atoms with Crippen molar-refractivity contribution in [2.45, 2.75) is 20.8 Å². The lowest BCUT2D eigenvalue weighted by Gasteiger charge is -2.31. The Bertz CT molecular complexity index is 139. The molecule has 0 saturated carbocycles. The van der Waals surface area contributed by atoms with Crippen LogP contribution in [0.2, 0.25) is 0 Å². The molecule has 0 N–H and O–H groups in total. The molecule has 0 bridgehead atoms. The molecule has 4 heteroatoms. The third-order valence-corrected chi connectivity index (χ3v) is 9.28. The van der Waals surface area contributed by atoms with Crippen LogP contribution >= 0.6 is 29.5 Å². The maximum atomic E-state index is 5.77. The van der Waals surface area contributed by atoms with Crippen molar-refractivity contribution in [2.75, 3.05) is 18.5 Å². The van der Waals surface area contributed by atoms with Crippen molar-refractivity contribution < 1.29 is 4.52 Å². The van der Waals surface area contributed by atoms with Gasteiger partial charge in [-0.3, -0.25) is 0 Å². The van der Waals surface area contributed by atoms with E-state index in [1.807, 2.05) is 11.4 Å². The predicted molar refractivity (Wildman–Crippen MR) is 58.6 cm³/mol. The van der Waals surface area contributed by atoms with E-state index < -0.39 is 5.89 Å². The molecule has 1 fully saturated rings. The molecule has 0 aromatic heterocycles. The smallest absolute Gasteiger partial charge is 0.213 e. The summed E-state index contributed by atoms with van der Waals surface area (Å²) < 4.78 is 5.77. The quantitative estimate of drug-likeness (QED) is 0.525. The highest BCUT2D eigenvalue weighted by Gasteiger charge is 2.44. The molecule has 0 aromatic rings. The average Bonchev–Trinajstić information content (AvgIpc) is 1.97. The third kappa shape index (κ3) is 2.80. The Balaban J connectivity index is 2.48. The van der Waals surface area contributed by atoms with Crippen molar-refractivity contribution >= 4 is 29.5 Å². The lowest BCUT2D eigenvalue weighted by atomic mass is 9.98. The van der Waals surface area contributed by atoms with Crippen molar-refractivity contribution in [3.63, 3.8) is 0 Å². The minimum absolute atomic E-state index is 0.353. The first-order valence-electron chi connectivity index (χ1n) is 3.87. The largest absolute Gasteiger partial charge is 0.258 e. The molecule has 0 spiro atoms. The Morgan fingerprint density at radius 1 is 1.64 bits per heavy atom. The zero-order valence-corrected chi connectivity index (χ0v) is 9.94. The van der Waals surface area contributed by atoms with E-state index in [0.29, 0.717) is 5.41 Å². The molecule has 1 atom stereocenters. The second-order valence-corrected chi connectivity index (χ2v) is 11.7. The summed E-state index contributed by atoms with van der Waals surface area (Å²) >= 11 is 6.51. The fourth-order valence-corrected chi connectivity index (χ4v) is 5.71. The summed E-state index contributed by atoms with van der Waals surface area (Å²) in [4.78, 5) is 0. The highest BCUT2D eigenvalue weighted by atomic mass is 33.1. The molecular weight excluding hydrogens is 195 g/mol. The van der Waals surface area contributed by atoms with Crippen LogP contribution in [0.4, 0.5) is 0 Å². The van der Waals surface area contributed by atoms with Gasteiger partial charge < -0.3 is 0 Å². The molecule has 1 rings (SSSR count). The van der Waals surface area contributed by atoms with E-state index in [4.69, 9.17) is 4.52 Å². The lowest BCUT2D eigenvalue weighted by Crippen LogP contribution is -2.25. The second kappa shape index (κ2) is 3.45. The normalized spacial score (nSPS) is 37.1. The first-order chi connectivity index (χ1) is 4.97. The molecule has 11 heavy (non-hydrogen) atoms. The molecule has 0 aromatic carbocycles. The monoisotopic (exact) mass is 211 g/mol. The molecule has 0 aliphatic carbocycles.